The molecule has 1 aliphatic rings. The van der Waals surface area contributed by atoms with Crippen molar-refractivity contribution in [1.29, 1.82) is 0 Å². The number of nitrogens with zero attached hydrogens (tertiary/aromatic N) is 1. The number of nitrogens with one attached hydrogen (secondary N) is 1. The highest BCUT2D eigenvalue weighted by atomic mass is 35.5. The molecule has 3 rings (SSSR count). The molecule has 1 heterocycles. The van der Waals surface area contributed by atoms with Gasteiger partial charge in [-0.3, -0.25) is 9.59 Å². The van der Waals surface area contributed by atoms with Crippen LogP contribution in [-0.2, 0) is 9.59 Å². The summed E-state index contributed by atoms with van der Waals surface area (Å²) in [6.45, 7) is 2.15. The van der Waals surface area contributed by atoms with Crippen LogP contribution in [0.15, 0.2) is 36.4 Å². The average molecular weight is 398 g/mol. The van der Waals surface area contributed by atoms with E-state index in [4.69, 9.17) is 34.8 Å². The summed E-state index contributed by atoms with van der Waals surface area (Å²) in [6.07, 6.45) is 0.129. The van der Waals surface area contributed by atoms with Crippen LogP contribution in [0.1, 0.15) is 12.0 Å². The first-order valence-electron chi connectivity index (χ1n) is 7.67. The van der Waals surface area contributed by atoms with Gasteiger partial charge in [0.1, 0.15) is 0 Å². The molecule has 1 unspecified atom stereocenters. The molecule has 2 aromatic carbocycles. The lowest BCUT2D eigenvalue weighted by atomic mass is 10.1. The molecule has 4 nitrogen and oxygen atoms in total. The van der Waals surface area contributed by atoms with E-state index in [9.17, 15) is 9.59 Å². The van der Waals surface area contributed by atoms with Crippen molar-refractivity contribution in [3.05, 3.63) is 57.0 Å². The van der Waals surface area contributed by atoms with Crippen LogP contribution in [0, 0.1) is 12.8 Å². The predicted molar refractivity (Wildman–Crippen MR) is 102 cm³/mol. The summed E-state index contributed by atoms with van der Waals surface area (Å²) in [5, 5.41) is 4.27. The van der Waals surface area contributed by atoms with E-state index in [1.807, 2.05) is 13.0 Å². The maximum Gasteiger partial charge on any atom is 0.229 e. The molecule has 0 bridgehead atoms. The second-order valence-electron chi connectivity index (χ2n) is 5.95. The Bertz CT molecular complexity index is 854. The molecule has 1 aliphatic heterocycles. The highest BCUT2D eigenvalue weighted by Gasteiger charge is 2.36. The number of halogens is 3. The number of hydrogen-bond donors (Lipinski definition) is 1. The molecule has 1 saturated heterocycles. The zero-order valence-electron chi connectivity index (χ0n) is 13.4. The van der Waals surface area contributed by atoms with E-state index in [-0.39, 0.29) is 24.8 Å². The minimum atomic E-state index is -0.461. The van der Waals surface area contributed by atoms with Crippen LogP contribution < -0.4 is 10.2 Å². The molecule has 2 amide bonds. The van der Waals surface area contributed by atoms with E-state index in [2.05, 4.69) is 5.32 Å². The summed E-state index contributed by atoms with van der Waals surface area (Å²) in [5.74, 6) is -0.823. The van der Waals surface area contributed by atoms with E-state index < -0.39 is 5.92 Å². The van der Waals surface area contributed by atoms with Crippen molar-refractivity contribution in [2.24, 2.45) is 5.92 Å². The smallest absolute Gasteiger partial charge is 0.229 e. The van der Waals surface area contributed by atoms with Gasteiger partial charge in [0, 0.05) is 28.7 Å². The molecule has 2 aromatic rings. The van der Waals surface area contributed by atoms with Gasteiger partial charge in [0.15, 0.2) is 0 Å². The molecule has 1 fully saturated rings. The Balaban J connectivity index is 1.75. The molecule has 0 spiro atoms. The first-order valence-corrected chi connectivity index (χ1v) is 8.81. The van der Waals surface area contributed by atoms with Gasteiger partial charge in [-0.25, -0.2) is 0 Å². The van der Waals surface area contributed by atoms with Crippen LogP contribution in [0.4, 0.5) is 11.4 Å². The number of carbonyl (C=O) groups excluding carboxylic acids is 2. The van der Waals surface area contributed by atoms with Crippen molar-refractivity contribution in [3.8, 4) is 0 Å². The van der Waals surface area contributed by atoms with E-state index >= 15 is 0 Å². The van der Waals surface area contributed by atoms with Crippen molar-refractivity contribution in [3.63, 3.8) is 0 Å². The summed E-state index contributed by atoms with van der Waals surface area (Å²) in [7, 11) is 0. The van der Waals surface area contributed by atoms with Gasteiger partial charge in [0.05, 0.1) is 16.6 Å². The topological polar surface area (TPSA) is 49.4 Å². The lowest BCUT2D eigenvalue weighted by Gasteiger charge is -2.18. The Morgan fingerprint density at radius 3 is 2.52 bits per heavy atom. The predicted octanol–water partition coefficient (Wildman–Crippen LogP) is 4.95. The molecular weight excluding hydrogens is 383 g/mol. The van der Waals surface area contributed by atoms with Crippen molar-refractivity contribution >= 4 is 58.0 Å². The van der Waals surface area contributed by atoms with Crippen LogP contribution in [0.2, 0.25) is 15.1 Å². The van der Waals surface area contributed by atoms with Crippen LogP contribution >= 0.6 is 34.8 Å². The van der Waals surface area contributed by atoms with Gasteiger partial charge < -0.3 is 10.2 Å². The van der Waals surface area contributed by atoms with Gasteiger partial charge in [0.2, 0.25) is 11.8 Å². The summed E-state index contributed by atoms with van der Waals surface area (Å²) in [6, 6.07) is 10.2. The highest BCUT2D eigenvalue weighted by molar-refractivity contribution is 6.36. The minimum Gasteiger partial charge on any atom is -0.325 e. The number of benzene rings is 2. The standard InChI is InChI=1S/C18H15Cl3N2O2/c1-10-2-3-13(20)8-15(10)22-18(25)11-6-17(24)23(9-11)16-5-4-12(19)7-14(16)21/h2-5,7-8,11H,6,9H2,1H3,(H,22,25). The first kappa shape index (κ1) is 18.1. The maximum absolute atomic E-state index is 12.6. The third-order valence-corrected chi connectivity index (χ3v) is 4.93. The lowest BCUT2D eigenvalue weighted by Crippen LogP contribution is -2.28. The summed E-state index contributed by atoms with van der Waals surface area (Å²) in [5.41, 5.74) is 2.11. The summed E-state index contributed by atoms with van der Waals surface area (Å²) < 4.78 is 0. The van der Waals surface area contributed by atoms with Crippen molar-refractivity contribution < 1.29 is 9.59 Å². The van der Waals surface area contributed by atoms with E-state index in [1.165, 1.54) is 4.90 Å². The number of rotatable bonds is 3. The normalized spacial score (nSPS) is 17.0. The van der Waals surface area contributed by atoms with Crippen molar-refractivity contribution in [2.45, 2.75) is 13.3 Å². The fourth-order valence-electron chi connectivity index (χ4n) is 2.78. The zero-order chi connectivity index (χ0) is 18.1. The molecule has 7 heteroatoms. The van der Waals surface area contributed by atoms with Crippen LogP contribution in [0.3, 0.4) is 0 Å². The van der Waals surface area contributed by atoms with E-state index in [0.29, 0.717) is 26.4 Å². The van der Waals surface area contributed by atoms with Gasteiger partial charge in [-0.05, 0) is 42.8 Å². The van der Waals surface area contributed by atoms with Crippen molar-refractivity contribution in [2.75, 3.05) is 16.8 Å². The highest BCUT2D eigenvalue weighted by Crippen LogP contribution is 2.33. The zero-order valence-corrected chi connectivity index (χ0v) is 15.6. The van der Waals surface area contributed by atoms with Crippen molar-refractivity contribution in [1.82, 2.24) is 0 Å². The summed E-state index contributed by atoms with van der Waals surface area (Å²) in [4.78, 5) is 26.4. The minimum absolute atomic E-state index is 0.129. The van der Waals surface area contributed by atoms with Crippen LogP contribution in [-0.4, -0.2) is 18.4 Å². The van der Waals surface area contributed by atoms with E-state index in [1.54, 1.807) is 30.3 Å². The fourth-order valence-corrected chi connectivity index (χ4v) is 3.46. The van der Waals surface area contributed by atoms with Gasteiger partial charge in [-0.2, -0.15) is 0 Å². The lowest BCUT2D eigenvalue weighted by molar-refractivity contribution is -0.122. The quantitative estimate of drug-likeness (QED) is 0.797. The third-order valence-electron chi connectivity index (χ3n) is 4.15. The average Bonchev–Trinajstić information content (AvgIpc) is 2.93. The van der Waals surface area contributed by atoms with Gasteiger partial charge >= 0.3 is 0 Å². The molecule has 130 valence electrons. The molecule has 25 heavy (non-hydrogen) atoms. The number of amides is 2. The monoisotopic (exact) mass is 396 g/mol. The van der Waals surface area contributed by atoms with Gasteiger partial charge in [-0.15, -0.1) is 0 Å². The Hall–Kier alpha value is -1.75. The molecule has 0 saturated carbocycles. The first-order chi connectivity index (χ1) is 11.8. The van der Waals surface area contributed by atoms with E-state index in [0.717, 1.165) is 5.56 Å². The SMILES string of the molecule is Cc1ccc(Cl)cc1NC(=O)C1CC(=O)N(c2ccc(Cl)cc2Cl)C1. The number of hydrogen-bond acceptors (Lipinski definition) is 2. The largest absolute Gasteiger partial charge is 0.325 e. The maximum atomic E-state index is 12.6. The Morgan fingerprint density at radius 2 is 1.80 bits per heavy atom. The number of anilines is 2. The van der Waals surface area contributed by atoms with Crippen LogP contribution in [0.5, 0.6) is 0 Å². The molecule has 0 aromatic heterocycles. The molecule has 0 radical (unpaired) electrons. The second kappa shape index (κ2) is 7.24. The van der Waals surface area contributed by atoms with Crippen LogP contribution in [0.25, 0.3) is 0 Å². The number of aryl methyl sites for hydroxylation is 1. The summed E-state index contributed by atoms with van der Waals surface area (Å²) >= 11 is 18.0. The Labute approximate surface area is 160 Å². The molecule has 1 atom stereocenters. The molecular formula is C18H15Cl3N2O2. The van der Waals surface area contributed by atoms with Gasteiger partial charge in [-0.1, -0.05) is 40.9 Å². The molecule has 1 N–H and O–H groups in total. The second-order valence-corrected chi connectivity index (χ2v) is 7.23. The fraction of sp³-hybridized carbons (Fsp3) is 0.222. The third kappa shape index (κ3) is 3.92. The van der Waals surface area contributed by atoms with Gasteiger partial charge in [0.25, 0.3) is 0 Å². The molecule has 0 aliphatic carbocycles. The Morgan fingerprint density at radius 1 is 1.12 bits per heavy atom. The number of carbonyl (C=O) groups is 2. The Kier molecular flexibility index (Phi) is 5.23.